The fourth-order valence-corrected chi connectivity index (χ4v) is 4.05. The van der Waals surface area contributed by atoms with Crippen LogP contribution in [-0.2, 0) is 24.2 Å². The highest BCUT2D eigenvalue weighted by Gasteiger charge is 2.16. The summed E-state index contributed by atoms with van der Waals surface area (Å²) in [5.74, 6) is 1.04. The van der Waals surface area contributed by atoms with Crippen LogP contribution in [-0.4, -0.2) is 40.0 Å². The number of amides is 1. The average Bonchev–Trinajstić information content (AvgIpc) is 3.22. The zero-order chi connectivity index (χ0) is 24.8. The van der Waals surface area contributed by atoms with E-state index in [4.69, 9.17) is 19.7 Å². The van der Waals surface area contributed by atoms with Crippen molar-refractivity contribution in [2.75, 3.05) is 14.2 Å². The lowest BCUT2D eigenvalue weighted by atomic mass is 10.1. The number of aromatic nitrogens is 2. The molecule has 0 aliphatic carbocycles. The molecular weight excluding hydrogens is 446 g/mol. The van der Waals surface area contributed by atoms with Crippen LogP contribution >= 0.6 is 0 Å². The number of aromatic hydroxyl groups is 1. The number of ether oxygens (including phenoxy) is 2. The van der Waals surface area contributed by atoms with Crippen LogP contribution in [0.1, 0.15) is 22.5 Å². The first-order chi connectivity index (χ1) is 17.0. The van der Waals surface area contributed by atoms with Crippen molar-refractivity contribution in [1.29, 1.82) is 0 Å². The molecule has 0 saturated heterocycles. The second kappa shape index (κ2) is 10.8. The number of hydrogen-bond donors (Lipinski definition) is 3. The molecule has 35 heavy (non-hydrogen) atoms. The van der Waals surface area contributed by atoms with Crippen LogP contribution in [0, 0.1) is 0 Å². The minimum absolute atomic E-state index is 0.00619. The van der Waals surface area contributed by atoms with Crippen LogP contribution in [0.3, 0.4) is 0 Å². The summed E-state index contributed by atoms with van der Waals surface area (Å²) in [4.78, 5) is 16.2. The van der Waals surface area contributed by atoms with Crippen LogP contribution in [0.15, 0.2) is 66.7 Å². The zero-order valence-electron chi connectivity index (χ0n) is 19.6. The quantitative estimate of drug-likeness (QED) is 0.192. The van der Waals surface area contributed by atoms with Gasteiger partial charge in [0.25, 0.3) is 5.91 Å². The third-order valence-corrected chi connectivity index (χ3v) is 5.73. The third-order valence-electron chi connectivity index (χ3n) is 5.73. The zero-order valence-corrected chi connectivity index (χ0v) is 19.6. The Balaban J connectivity index is 1.73. The second-order valence-electron chi connectivity index (χ2n) is 8.01. The van der Waals surface area contributed by atoms with Gasteiger partial charge in [-0.2, -0.15) is 0 Å². The SMILES string of the molecule is COc1cc(Cn2c(CCc3ccccc3)nc3cc(C=CC(=O)NO)ccc32)cc(O)c1OC. The molecule has 4 rings (SSSR count). The molecule has 0 saturated carbocycles. The first kappa shape index (κ1) is 23.8. The van der Waals surface area contributed by atoms with Gasteiger partial charge in [-0.3, -0.25) is 10.0 Å². The summed E-state index contributed by atoms with van der Waals surface area (Å²) in [7, 11) is 3.02. The van der Waals surface area contributed by atoms with E-state index in [0.717, 1.165) is 40.8 Å². The number of benzene rings is 3. The number of fused-ring (bicyclic) bond motifs is 1. The highest BCUT2D eigenvalue weighted by Crippen LogP contribution is 2.38. The summed E-state index contributed by atoms with van der Waals surface area (Å²) in [6.07, 6.45) is 4.40. The van der Waals surface area contributed by atoms with Gasteiger partial charge in [0, 0.05) is 19.0 Å². The first-order valence-electron chi connectivity index (χ1n) is 11.1. The van der Waals surface area contributed by atoms with Crippen LogP contribution in [0.25, 0.3) is 17.1 Å². The highest BCUT2D eigenvalue weighted by atomic mass is 16.5. The van der Waals surface area contributed by atoms with Crippen LogP contribution in [0.2, 0.25) is 0 Å². The fourth-order valence-electron chi connectivity index (χ4n) is 4.05. The molecule has 4 aromatic rings. The molecule has 0 radical (unpaired) electrons. The predicted octanol–water partition coefficient (Wildman–Crippen LogP) is 4.11. The van der Waals surface area contributed by atoms with E-state index in [1.165, 1.54) is 25.9 Å². The topological polar surface area (TPSA) is 106 Å². The Bertz CT molecular complexity index is 1360. The molecule has 8 heteroatoms. The van der Waals surface area contributed by atoms with Gasteiger partial charge in [0.05, 0.1) is 25.3 Å². The van der Waals surface area contributed by atoms with E-state index in [2.05, 4.69) is 16.7 Å². The van der Waals surface area contributed by atoms with E-state index in [9.17, 15) is 9.90 Å². The lowest BCUT2D eigenvalue weighted by Crippen LogP contribution is -2.14. The summed E-state index contributed by atoms with van der Waals surface area (Å²) in [5, 5.41) is 19.1. The van der Waals surface area contributed by atoms with E-state index >= 15 is 0 Å². The van der Waals surface area contributed by atoms with Gasteiger partial charge in [-0.05, 0) is 53.5 Å². The number of methoxy groups -OCH3 is 2. The molecule has 1 heterocycles. The van der Waals surface area contributed by atoms with E-state index in [1.807, 2.05) is 42.5 Å². The summed E-state index contributed by atoms with van der Waals surface area (Å²) < 4.78 is 12.8. The van der Waals surface area contributed by atoms with Crippen molar-refractivity contribution in [2.24, 2.45) is 0 Å². The number of carbonyl (C=O) groups excluding carboxylic acids is 1. The Hall–Kier alpha value is -4.30. The Morgan fingerprint density at radius 2 is 1.83 bits per heavy atom. The monoisotopic (exact) mass is 473 g/mol. The van der Waals surface area contributed by atoms with E-state index in [0.29, 0.717) is 18.0 Å². The minimum Gasteiger partial charge on any atom is -0.504 e. The molecule has 0 fully saturated rings. The first-order valence-corrected chi connectivity index (χ1v) is 11.1. The molecule has 8 nitrogen and oxygen atoms in total. The molecule has 3 N–H and O–H groups in total. The molecule has 1 aromatic heterocycles. The molecule has 0 aliphatic heterocycles. The summed E-state index contributed by atoms with van der Waals surface area (Å²) >= 11 is 0. The van der Waals surface area contributed by atoms with Crippen molar-refractivity contribution in [2.45, 2.75) is 19.4 Å². The van der Waals surface area contributed by atoms with Crippen LogP contribution in [0.4, 0.5) is 0 Å². The molecule has 1 amide bonds. The maximum absolute atomic E-state index is 11.3. The largest absolute Gasteiger partial charge is 0.504 e. The standard InChI is InChI=1S/C27H27N3O5/c1-34-24-16-20(15-23(31)27(24)35-2)17-30-22-11-8-19(10-13-26(32)29-33)14-21(22)28-25(30)12-9-18-6-4-3-5-7-18/h3-8,10-11,13-16,31,33H,9,12,17H2,1-2H3,(H,29,32). The van der Waals surface area contributed by atoms with E-state index in [1.54, 1.807) is 17.6 Å². The van der Waals surface area contributed by atoms with Crippen LogP contribution < -0.4 is 15.0 Å². The van der Waals surface area contributed by atoms with Crippen molar-refractivity contribution in [3.8, 4) is 17.2 Å². The molecular formula is C27H27N3O5. The predicted molar refractivity (Wildman–Crippen MR) is 133 cm³/mol. The van der Waals surface area contributed by atoms with Crippen molar-refractivity contribution in [1.82, 2.24) is 15.0 Å². The van der Waals surface area contributed by atoms with Gasteiger partial charge in [0.2, 0.25) is 5.75 Å². The number of hydrogen-bond acceptors (Lipinski definition) is 6. The molecule has 180 valence electrons. The third kappa shape index (κ3) is 5.44. The van der Waals surface area contributed by atoms with Gasteiger partial charge < -0.3 is 19.1 Å². The average molecular weight is 474 g/mol. The van der Waals surface area contributed by atoms with Gasteiger partial charge in [-0.15, -0.1) is 0 Å². The van der Waals surface area contributed by atoms with Gasteiger partial charge in [-0.25, -0.2) is 10.5 Å². The van der Waals surface area contributed by atoms with Gasteiger partial charge in [-0.1, -0.05) is 36.4 Å². The number of carbonyl (C=O) groups is 1. The Labute approximate surface area is 203 Å². The summed E-state index contributed by atoms with van der Waals surface area (Å²) in [6, 6.07) is 19.5. The number of nitrogens with one attached hydrogen (secondary N) is 1. The van der Waals surface area contributed by atoms with E-state index < -0.39 is 5.91 Å². The maximum Gasteiger partial charge on any atom is 0.267 e. The molecule has 3 aromatic carbocycles. The number of imidazole rings is 1. The summed E-state index contributed by atoms with van der Waals surface area (Å²) in [6.45, 7) is 0.469. The van der Waals surface area contributed by atoms with Crippen molar-refractivity contribution in [3.05, 3.63) is 89.3 Å². The van der Waals surface area contributed by atoms with Crippen LogP contribution in [0.5, 0.6) is 17.2 Å². The van der Waals surface area contributed by atoms with Gasteiger partial charge in [0.15, 0.2) is 11.5 Å². The molecule has 0 unspecified atom stereocenters. The summed E-state index contributed by atoms with van der Waals surface area (Å²) in [5.41, 5.74) is 6.12. The van der Waals surface area contributed by atoms with Crippen molar-refractivity contribution in [3.63, 3.8) is 0 Å². The second-order valence-corrected chi connectivity index (χ2v) is 8.01. The molecule has 0 aliphatic rings. The molecule has 0 spiro atoms. The number of hydroxylamine groups is 1. The lowest BCUT2D eigenvalue weighted by Gasteiger charge is -2.14. The number of rotatable bonds is 9. The smallest absolute Gasteiger partial charge is 0.267 e. The normalized spacial score (nSPS) is 11.2. The minimum atomic E-state index is -0.604. The van der Waals surface area contributed by atoms with Crippen molar-refractivity contribution >= 4 is 23.0 Å². The molecule has 0 atom stereocenters. The molecule has 0 bridgehead atoms. The highest BCUT2D eigenvalue weighted by molar-refractivity contribution is 5.91. The number of nitrogens with zero attached hydrogens (tertiary/aromatic N) is 2. The van der Waals surface area contributed by atoms with Crippen molar-refractivity contribution < 1.29 is 24.6 Å². The number of phenolic OH excluding ortho intramolecular Hbond substituents is 1. The Morgan fingerprint density at radius 3 is 2.54 bits per heavy atom. The number of aryl methyl sites for hydroxylation is 2. The van der Waals surface area contributed by atoms with Gasteiger partial charge in [0.1, 0.15) is 5.82 Å². The van der Waals surface area contributed by atoms with Gasteiger partial charge >= 0.3 is 0 Å². The van der Waals surface area contributed by atoms with E-state index in [-0.39, 0.29) is 5.75 Å². The number of phenols is 1. The Kier molecular flexibility index (Phi) is 7.32. The Morgan fingerprint density at radius 1 is 1.03 bits per heavy atom. The fraction of sp³-hybridized carbons (Fsp3) is 0.185. The maximum atomic E-state index is 11.3. The lowest BCUT2D eigenvalue weighted by molar-refractivity contribution is -0.124.